The molecule has 1 atom stereocenters. The minimum Gasteiger partial charge on any atom is -0.493 e. The molecule has 0 fully saturated rings. The molecular weight excluding hydrogens is 380 g/mol. The molecule has 1 unspecified atom stereocenters. The number of hydrogen-bond donors (Lipinski definition) is 1. The van der Waals surface area contributed by atoms with E-state index in [4.69, 9.17) is 14.2 Å². The summed E-state index contributed by atoms with van der Waals surface area (Å²) >= 11 is 0. The highest BCUT2D eigenvalue weighted by Gasteiger charge is 2.29. The molecule has 0 bridgehead atoms. The number of carbonyl (C=O) groups excluding carboxylic acids is 2. The number of benzene rings is 2. The lowest BCUT2D eigenvalue weighted by Crippen LogP contribution is -2.28. The summed E-state index contributed by atoms with van der Waals surface area (Å²) in [4.78, 5) is 36.0. The average Bonchev–Trinajstić information content (AvgIpc) is 2.74. The second kappa shape index (κ2) is 8.87. The monoisotopic (exact) mass is 398 g/mol. The van der Waals surface area contributed by atoms with Gasteiger partial charge in [-0.05, 0) is 18.6 Å². The molecular formula is C20H18N2O7. The zero-order chi connectivity index (χ0) is 20.8. The Balaban J connectivity index is 1.86. The third-order valence-corrected chi connectivity index (χ3v) is 4.02. The number of nitro groups is 1. The second-order valence-corrected chi connectivity index (χ2v) is 6.16. The van der Waals surface area contributed by atoms with E-state index in [-0.39, 0.29) is 23.7 Å². The Hall–Kier alpha value is -3.88. The van der Waals surface area contributed by atoms with Gasteiger partial charge < -0.3 is 19.5 Å². The Morgan fingerprint density at radius 2 is 1.93 bits per heavy atom. The van der Waals surface area contributed by atoms with Gasteiger partial charge >= 0.3 is 5.97 Å². The van der Waals surface area contributed by atoms with E-state index in [1.807, 2.05) is 0 Å². The van der Waals surface area contributed by atoms with Crippen molar-refractivity contribution in [2.45, 2.75) is 13.0 Å². The zero-order valence-corrected chi connectivity index (χ0v) is 15.5. The molecule has 0 saturated carbocycles. The van der Waals surface area contributed by atoms with Crippen LogP contribution in [-0.2, 0) is 23.8 Å². The first-order valence-corrected chi connectivity index (χ1v) is 8.72. The lowest BCUT2D eigenvalue weighted by Gasteiger charge is -2.20. The fourth-order valence-corrected chi connectivity index (χ4v) is 2.64. The molecule has 1 heterocycles. The van der Waals surface area contributed by atoms with Crippen molar-refractivity contribution in [2.24, 2.45) is 0 Å². The van der Waals surface area contributed by atoms with E-state index in [0.717, 1.165) is 6.26 Å². The molecule has 1 amide bonds. The number of esters is 1. The SMILES string of the molecule is Cc1ccc(NC(=O)C(OC(=O)C2=COCCO2)c2ccccc2)c([N+](=O)[O-])c1. The topological polar surface area (TPSA) is 117 Å². The van der Waals surface area contributed by atoms with Gasteiger partial charge in [0.25, 0.3) is 11.6 Å². The summed E-state index contributed by atoms with van der Waals surface area (Å²) in [6, 6.07) is 12.7. The first-order valence-electron chi connectivity index (χ1n) is 8.72. The standard InChI is InChI=1S/C20H18N2O7/c1-13-7-8-15(16(11-13)22(25)26)21-19(23)18(14-5-3-2-4-6-14)29-20(24)17-12-27-9-10-28-17/h2-8,11-12,18H,9-10H2,1H3,(H,21,23). The minimum atomic E-state index is -1.35. The quantitative estimate of drug-likeness (QED) is 0.451. The van der Waals surface area contributed by atoms with E-state index in [1.165, 1.54) is 12.1 Å². The molecule has 0 radical (unpaired) electrons. The fourth-order valence-electron chi connectivity index (χ4n) is 2.64. The van der Waals surface area contributed by atoms with Crippen LogP contribution in [0.3, 0.4) is 0 Å². The van der Waals surface area contributed by atoms with E-state index < -0.39 is 22.9 Å². The Morgan fingerprint density at radius 3 is 2.59 bits per heavy atom. The number of ether oxygens (including phenoxy) is 3. The molecule has 29 heavy (non-hydrogen) atoms. The van der Waals surface area contributed by atoms with E-state index >= 15 is 0 Å². The van der Waals surface area contributed by atoms with Gasteiger partial charge in [-0.1, -0.05) is 36.4 Å². The van der Waals surface area contributed by atoms with Gasteiger partial charge in [-0.15, -0.1) is 0 Å². The van der Waals surface area contributed by atoms with E-state index in [0.29, 0.717) is 17.7 Å². The highest BCUT2D eigenvalue weighted by atomic mass is 16.6. The van der Waals surface area contributed by atoms with Crippen LogP contribution < -0.4 is 5.32 Å². The van der Waals surface area contributed by atoms with Crippen molar-refractivity contribution in [3.05, 3.63) is 81.8 Å². The summed E-state index contributed by atoms with van der Waals surface area (Å²) in [5.74, 6) is -1.78. The molecule has 2 aromatic rings. The van der Waals surface area contributed by atoms with E-state index in [9.17, 15) is 19.7 Å². The average molecular weight is 398 g/mol. The molecule has 0 aromatic heterocycles. The first-order chi connectivity index (χ1) is 14.0. The minimum absolute atomic E-state index is 0.000884. The fraction of sp³-hybridized carbons (Fsp3) is 0.200. The third-order valence-electron chi connectivity index (χ3n) is 4.02. The van der Waals surface area contributed by atoms with Gasteiger partial charge in [0.05, 0.1) is 4.92 Å². The lowest BCUT2D eigenvalue weighted by atomic mass is 10.1. The first kappa shape index (κ1) is 19.9. The van der Waals surface area contributed by atoms with Gasteiger partial charge in [0, 0.05) is 11.6 Å². The van der Waals surface area contributed by atoms with Crippen LogP contribution in [0.4, 0.5) is 11.4 Å². The number of amides is 1. The van der Waals surface area contributed by atoms with Crippen molar-refractivity contribution in [3.8, 4) is 0 Å². The van der Waals surface area contributed by atoms with Crippen molar-refractivity contribution < 1.29 is 28.7 Å². The number of nitrogens with one attached hydrogen (secondary N) is 1. The lowest BCUT2D eigenvalue weighted by molar-refractivity contribution is -0.384. The van der Waals surface area contributed by atoms with Crippen LogP contribution in [-0.4, -0.2) is 30.0 Å². The van der Waals surface area contributed by atoms with Gasteiger partial charge in [0.1, 0.15) is 25.2 Å². The maximum Gasteiger partial charge on any atom is 0.378 e. The largest absolute Gasteiger partial charge is 0.493 e. The van der Waals surface area contributed by atoms with Crippen molar-refractivity contribution >= 4 is 23.3 Å². The number of aryl methyl sites for hydroxylation is 1. The summed E-state index contributed by atoms with van der Waals surface area (Å²) in [6.45, 7) is 2.18. The maximum absolute atomic E-state index is 12.9. The predicted molar refractivity (Wildman–Crippen MR) is 102 cm³/mol. The van der Waals surface area contributed by atoms with Gasteiger partial charge in [-0.3, -0.25) is 14.9 Å². The molecule has 3 rings (SSSR count). The Bertz CT molecular complexity index is 957. The second-order valence-electron chi connectivity index (χ2n) is 6.16. The predicted octanol–water partition coefficient (Wildman–Crippen LogP) is 3.01. The summed E-state index contributed by atoms with van der Waals surface area (Å²) in [5.41, 5.74) is 0.801. The van der Waals surface area contributed by atoms with Crippen molar-refractivity contribution in [2.75, 3.05) is 18.5 Å². The molecule has 2 aromatic carbocycles. The molecule has 1 N–H and O–H groups in total. The Morgan fingerprint density at radius 1 is 1.17 bits per heavy atom. The van der Waals surface area contributed by atoms with Gasteiger partial charge in [-0.25, -0.2) is 4.79 Å². The smallest absolute Gasteiger partial charge is 0.378 e. The number of nitro benzene ring substituents is 1. The summed E-state index contributed by atoms with van der Waals surface area (Å²) in [5, 5.41) is 13.8. The number of nitrogens with zero attached hydrogens (tertiary/aromatic N) is 1. The van der Waals surface area contributed by atoms with Crippen molar-refractivity contribution in [1.82, 2.24) is 0 Å². The van der Waals surface area contributed by atoms with Crippen LogP contribution >= 0.6 is 0 Å². The van der Waals surface area contributed by atoms with Gasteiger partial charge in [0.2, 0.25) is 11.9 Å². The van der Waals surface area contributed by atoms with Crippen LogP contribution in [0.2, 0.25) is 0 Å². The highest BCUT2D eigenvalue weighted by molar-refractivity contribution is 5.98. The van der Waals surface area contributed by atoms with Crippen molar-refractivity contribution in [3.63, 3.8) is 0 Å². The number of anilines is 1. The summed E-state index contributed by atoms with van der Waals surface area (Å²) in [6.07, 6.45) is -0.229. The van der Waals surface area contributed by atoms with E-state index in [1.54, 1.807) is 43.3 Å². The van der Waals surface area contributed by atoms with Crippen LogP contribution in [0.15, 0.2) is 60.6 Å². The number of rotatable bonds is 6. The van der Waals surface area contributed by atoms with Crippen LogP contribution in [0.1, 0.15) is 17.2 Å². The van der Waals surface area contributed by atoms with Crippen molar-refractivity contribution in [1.29, 1.82) is 0 Å². The zero-order valence-electron chi connectivity index (χ0n) is 15.5. The molecule has 1 aliphatic heterocycles. The maximum atomic E-state index is 12.9. The van der Waals surface area contributed by atoms with Gasteiger partial charge in [-0.2, -0.15) is 0 Å². The van der Waals surface area contributed by atoms with Crippen LogP contribution in [0.5, 0.6) is 0 Å². The summed E-state index contributed by atoms with van der Waals surface area (Å²) < 4.78 is 15.6. The number of hydrogen-bond acceptors (Lipinski definition) is 7. The third kappa shape index (κ3) is 4.89. The molecule has 150 valence electrons. The molecule has 0 spiro atoms. The van der Waals surface area contributed by atoms with Crippen LogP contribution in [0.25, 0.3) is 0 Å². The van der Waals surface area contributed by atoms with Gasteiger partial charge in [0.15, 0.2) is 0 Å². The van der Waals surface area contributed by atoms with E-state index in [2.05, 4.69) is 5.32 Å². The molecule has 9 nitrogen and oxygen atoms in total. The number of carbonyl (C=O) groups is 2. The normalized spacial score (nSPS) is 13.9. The molecule has 0 saturated heterocycles. The Kier molecular flexibility index (Phi) is 6.08. The molecule has 0 aliphatic carbocycles. The Labute approximate surface area is 166 Å². The molecule has 1 aliphatic rings. The highest BCUT2D eigenvalue weighted by Crippen LogP contribution is 2.28. The summed E-state index contributed by atoms with van der Waals surface area (Å²) in [7, 11) is 0. The molecule has 9 heteroatoms. The van der Waals surface area contributed by atoms with Crippen LogP contribution in [0, 0.1) is 17.0 Å².